The largest absolute Gasteiger partial charge is 0.441 e. The van der Waals surface area contributed by atoms with Crippen LogP contribution in [-0.2, 0) is 27.8 Å². The lowest BCUT2D eigenvalue weighted by Crippen LogP contribution is -2.38. The molecule has 5 nitrogen and oxygen atoms in total. The summed E-state index contributed by atoms with van der Waals surface area (Å²) < 4.78 is 18.3. The highest BCUT2D eigenvalue weighted by atomic mass is 32.2. The van der Waals surface area contributed by atoms with Gasteiger partial charge < -0.3 is 9.73 Å². The zero-order valence-electron chi connectivity index (χ0n) is 17.5. The second kappa shape index (κ2) is 10.7. The number of carbonyl (C=O) groups excluding carboxylic acids is 1. The highest BCUT2D eigenvalue weighted by molar-refractivity contribution is 7.84. The maximum Gasteiger partial charge on any atom is 0.232 e. The van der Waals surface area contributed by atoms with Gasteiger partial charge in [-0.1, -0.05) is 51.2 Å². The Balaban J connectivity index is 1.54. The maximum atomic E-state index is 12.5. The number of hydrogen-bond donors (Lipinski definition) is 1. The first kappa shape index (κ1) is 21.8. The van der Waals surface area contributed by atoms with Gasteiger partial charge in [0.15, 0.2) is 0 Å². The fraction of sp³-hybridized carbons (Fsp3) is 0.565. The zero-order valence-corrected chi connectivity index (χ0v) is 18.4. The quantitative estimate of drug-likeness (QED) is 0.711. The third kappa shape index (κ3) is 6.53. The number of hydrogen-bond acceptors (Lipinski definition) is 4. The lowest BCUT2D eigenvalue weighted by atomic mass is 9.97. The smallest absolute Gasteiger partial charge is 0.232 e. The standard InChI is InChI=1S/C23H32N2O3S/c1-3-18-11-13-19(14-12-18)23-25-21(17(2)28-23)15-29(27)16-22(26)24-20-9-7-5-4-6-8-10-20/h11-14,20H,3-10,15-16H2,1-2H3,(H,24,26)/t29-/m0/s1. The molecular formula is C23H32N2O3S. The van der Waals surface area contributed by atoms with Crippen LogP contribution in [0.4, 0.5) is 0 Å². The highest BCUT2D eigenvalue weighted by Gasteiger charge is 2.18. The Bertz CT molecular complexity index is 821. The molecule has 29 heavy (non-hydrogen) atoms. The van der Waals surface area contributed by atoms with Gasteiger partial charge in [0.1, 0.15) is 11.5 Å². The Labute approximate surface area is 176 Å². The van der Waals surface area contributed by atoms with E-state index in [1.54, 1.807) is 0 Å². The Morgan fingerprint density at radius 1 is 1.14 bits per heavy atom. The number of amides is 1. The number of carbonyl (C=O) groups is 1. The van der Waals surface area contributed by atoms with Gasteiger partial charge in [0.05, 0.1) is 11.4 Å². The highest BCUT2D eigenvalue weighted by Crippen LogP contribution is 2.23. The molecule has 1 heterocycles. The molecule has 0 radical (unpaired) electrons. The van der Waals surface area contributed by atoms with Crippen molar-refractivity contribution >= 4 is 16.7 Å². The van der Waals surface area contributed by atoms with Gasteiger partial charge in [0, 0.05) is 22.4 Å². The van der Waals surface area contributed by atoms with Crippen LogP contribution in [-0.4, -0.2) is 26.9 Å². The molecule has 1 aliphatic carbocycles. The Morgan fingerprint density at radius 2 is 1.79 bits per heavy atom. The van der Waals surface area contributed by atoms with Gasteiger partial charge in [-0.05, 0) is 43.9 Å². The van der Waals surface area contributed by atoms with Crippen LogP contribution in [0, 0.1) is 6.92 Å². The van der Waals surface area contributed by atoms with E-state index in [0.717, 1.165) is 37.7 Å². The predicted octanol–water partition coefficient (Wildman–Crippen LogP) is 4.69. The molecule has 0 bridgehead atoms. The summed E-state index contributed by atoms with van der Waals surface area (Å²) in [5.41, 5.74) is 2.83. The van der Waals surface area contributed by atoms with Gasteiger partial charge in [-0.2, -0.15) is 0 Å². The molecule has 1 amide bonds. The van der Waals surface area contributed by atoms with Gasteiger partial charge in [-0.3, -0.25) is 9.00 Å². The summed E-state index contributed by atoms with van der Waals surface area (Å²) in [4.78, 5) is 16.9. The molecule has 1 N–H and O–H groups in total. The van der Waals surface area contributed by atoms with Crippen molar-refractivity contribution in [3.63, 3.8) is 0 Å². The van der Waals surface area contributed by atoms with Crippen LogP contribution >= 0.6 is 0 Å². The van der Waals surface area contributed by atoms with E-state index in [1.807, 2.05) is 19.1 Å². The summed E-state index contributed by atoms with van der Waals surface area (Å²) in [5.74, 6) is 1.33. The summed E-state index contributed by atoms with van der Waals surface area (Å²) in [5, 5.41) is 3.08. The molecule has 1 aliphatic rings. The first-order valence-electron chi connectivity index (χ1n) is 10.7. The van der Waals surface area contributed by atoms with Crippen molar-refractivity contribution in [1.82, 2.24) is 10.3 Å². The first-order valence-corrected chi connectivity index (χ1v) is 12.2. The van der Waals surface area contributed by atoms with Crippen molar-refractivity contribution in [2.24, 2.45) is 0 Å². The van der Waals surface area contributed by atoms with Crippen LogP contribution in [0.15, 0.2) is 28.7 Å². The van der Waals surface area contributed by atoms with Crippen molar-refractivity contribution in [2.75, 3.05) is 5.75 Å². The number of oxazole rings is 1. The molecule has 1 atom stereocenters. The fourth-order valence-electron chi connectivity index (χ4n) is 3.79. The summed E-state index contributed by atoms with van der Waals surface area (Å²) in [6.45, 7) is 3.95. The molecule has 6 heteroatoms. The minimum atomic E-state index is -1.31. The van der Waals surface area contributed by atoms with Crippen LogP contribution in [0.25, 0.3) is 11.5 Å². The van der Waals surface area contributed by atoms with Gasteiger partial charge >= 0.3 is 0 Å². The lowest BCUT2D eigenvalue weighted by Gasteiger charge is -2.20. The number of aromatic nitrogens is 1. The van der Waals surface area contributed by atoms with E-state index in [9.17, 15) is 9.00 Å². The molecule has 0 unspecified atom stereocenters. The molecule has 2 aromatic rings. The molecule has 0 aliphatic heterocycles. The van der Waals surface area contributed by atoms with Crippen LogP contribution in [0.3, 0.4) is 0 Å². The molecule has 3 rings (SSSR count). The molecular weight excluding hydrogens is 384 g/mol. The van der Waals surface area contributed by atoms with E-state index in [2.05, 4.69) is 29.4 Å². The number of rotatable bonds is 7. The summed E-state index contributed by atoms with van der Waals surface area (Å²) in [6.07, 6.45) is 9.15. The van der Waals surface area contributed by atoms with E-state index in [1.165, 1.54) is 24.8 Å². The van der Waals surface area contributed by atoms with E-state index in [0.29, 0.717) is 17.3 Å². The number of benzene rings is 1. The third-order valence-corrected chi connectivity index (χ3v) is 6.74. The monoisotopic (exact) mass is 416 g/mol. The third-order valence-electron chi connectivity index (χ3n) is 5.56. The van der Waals surface area contributed by atoms with Gasteiger partial charge in [0.2, 0.25) is 11.8 Å². The van der Waals surface area contributed by atoms with E-state index in [4.69, 9.17) is 4.42 Å². The van der Waals surface area contributed by atoms with Crippen molar-refractivity contribution in [2.45, 2.75) is 77.0 Å². The average Bonchev–Trinajstić information content (AvgIpc) is 3.04. The van der Waals surface area contributed by atoms with E-state index < -0.39 is 10.8 Å². The van der Waals surface area contributed by atoms with Crippen molar-refractivity contribution in [3.05, 3.63) is 41.3 Å². The van der Waals surface area contributed by atoms with Gasteiger partial charge in [-0.15, -0.1) is 0 Å². The normalized spacial score (nSPS) is 16.8. The SMILES string of the molecule is CCc1ccc(-c2nc(C[S@](=O)CC(=O)NC3CCCCCCC3)c(C)o2)cc1. The average molecular weight is 417 g/mol. The summed E-state index contributed by atoms with van der Waals surface area (Å²) >= 11 is 0. The van der Waals surface area contributed by atoms with Gasteiger partial charge in [0.25, 0.3) is 0 Å². The van der Waals surface area contributed by atoms with Crippen molar-refractivity contribution in [1.29, 1.82) is 0 Å². The van der Waals surface area contributed by atoms with Crippen LogP contribution < -0.4 is 5.32 Å². The minimum Gasteiger partial charge on any atom is -0.441 e. The van der Waals surface area contributed by atoms with E-state index in [-0.39, 0.29) is 23.5 Å². The topological polar surface area (TPSA) is 72.2 Å². The van der Waals surface area contributed by atoms with Crippen molar-refractivity contribution in [3.8, 4) is 11.5 Å². The van der Waals surface area contributed by atoms with E-state index >= 15 is 0 Å². The first-order chi connectivity index (χ1) is 14.0. The molecule has 0 saturated heterocycles. The molecule has 1 aromatic carbocycles. The van der Waals surface area contributed by atoms with Crippen molar-refractivity contribution < 1.29 is 13.4 Å². The minimum absolute atomic E-state index is 0.0172. The summed E-state index contributed by atoms with van der Waals surface area (Å²) in [6, 6.07) is 8.34. The Kier molecular flexibility index (Phi) is 8.04. The predicted molar refractivity (Wildman–Crippen MR) is 117 cm³/mol. The summed E-state index contributed by atoms with van der Waals surface area (Å²) in [7, 11) is -1.31. The fourth-order valence-corrected chi connectivity index (χ4v) is 4.84. The molecule has 1 saturated carbocycles. The van der Waals surface area contributed by atoms with Crippen LogP contribution in [0.2, 0.25) is 0 Å². The molecule has 0 spiro atoms. The van der Waals surface area contributed by atoms with Gasteiger partial charge in [-0.25, -0.2) is 4.98 Å². The molecule has 158 valence electrons. The number of aryl methyl sites for hydroxylation is 2. The zero-order chi connectivity index (χ0) is 20.6. The Morgan fingerprint density at radius 3 is 2.45 bits per heavy atom. The van der Waals surface area contributed by atoms with Crippen LogP contribution in [0.1, 0.15) is 68.9 Å². The van der Waals surface area contributed by atoms with Crippen LogP contribution in [0.5, 0.6) is 0 Å². The lowest BCUT2D eigenvalue weighted by molar-refractivity contribution is -0.119. The second-order valence-corrected chi connectivity index (χ2v) is 9.37. The maximum absolute atomic E-state index is 12.5. The number of nitrogens with zero attached hydrogens (tertiary/aromatic N) is 1. The molecule has 1 fully saturated rings. The Hall–Kier alpha value is -1.95. The second-order valence-electron chi connectivity index (χ2n) is 7.91. The molecule has 1 aromatic heterocycles. The number of nitrogens with one attached hydrogen (secondary N) is 1.